The third-order valence-electron chi connectivity index (χ3n) is 6.75. The number of hydrogen-bond acceptors (Lipinski definition) is 7. The van der Waals surface area contributed by atoms with E-state index in [2.05, 4.69) is 10.0 Å². The van der Waals surface area contributed by atoms with E-state index in [1.165, 1.54) is 25.1 Å². The van der Waals surface area contributed by atoms with Crippen molar-refractivity contribution in [2.75, 3.05) is 18.5 Å². The zero-order valence-corrected chi connectivity index (χ0v) is 24.0. The van der Waals surface area contributed by atoms with Gasteiger partial charge in [0.1, 0.15) is 28.1 Å². The maximum Gasteiger partial charge on any atom is 0.240 e. The Hall–Kier alpha value is -3.89. The molecular weight excluding hydrogens is 544 g/mol. The molecule has 0 saturated carbocycles. The Morgan fingerprint density at radius 3 is 2.24 bits per heavy atom. The highest BCUT2D eigenvalue weighted by Gasteiger charge is 2.14. The maximum atomic E-state index is 12.7. The molecule has 0 aliphatic carbocycles. The molecule has 0 unspecified atom stereocenters. The lowest BCUT2D eigenvalue weighted by Gasteiger charge is -2.09. The lowest BCUT2D eigenvalue weighted by Crippen LogP contribution is -2.24. The summed E-state index contributed by atoms with van der Waals surface area (Å²) >= 11 is 0. The molecule has 3 N–H and O–H groups in total. The standard InChI is InChI=1S/C31H36N2O7S/c1-22(34)33-23-14-16-25(17-15-23)41(37,38)32-18-10-6-4-2-3-5-7-11-19-39-24-20-27(35)30-29(21-24)40-28-13-9-8-12-26(28)31(30)36/h8-9,12-17,20-21,32,35H,2-7,10-11,18-19H2,1H3,(H,33,34). The number of sulfonamides is 1. The molecule has 10 heteroatoms. The first-order valence-electron chi connectivity index (χ1n) is 13.9. The van der Waals surface area contributed by atoms with Crippen molar-refractivity contribution in [3.05, 3.63) is 70.9 Å². The van der Waals surface area contributed by atoms with E-state index in [1.54, 1.807) is 42.5 Å². The second-order valence-electron chi connectivity index (χ2n) is 10.0. The monoisotopic (exact) mass is 580 g/mol. The third kappa shape index (κ3) is 8.31. The fraction of sp³-hybridized carbons (Fsp3) is 0.355. The molecule has 0 spiro atoms. The number of benzene rings is 3. The normalized spacial score (nSPS) is 11.6. The second kappa shape index (κ2) is 14.1. The Morgan fingerprint density at radius 2 is 1.54 bits per heavy atom. The van der Waals surface area contributed by atoms with E-state index >= 15 is 0 Å². The quantitative estimate of drug-likeness (QED) is 0.114. The van der Waals surface area contributed by atoms with Crippen molar-refractivity contribution >= 4 is 43.6 Å². The van der Waals surface area contributed by atoms with E-state index in [1.807, 2.05) is 0 Å². The Labute approximate surface area is 239 Å². The number of para-hydroxylation sites is 1. The third-order valence-corrected chi connectivity index (χ3v) is 8.23. The number of nitrogens with one attached hydrogen (secondary N) is 2. The van der Waals surface area contributed by atoms with Crippen LogP contribution >= 0.6 is 0 Å². The van der Waals surface area contributed by atoms with Crippen molar-refractivity contribution in [2.24, 2.45) is 0 Å². The number of amides is 1. The number of ether oxygens (including phenoxy) is 1. The predicted molar refractivity (Wildman–Crippen MR) is 160 cm³/mol. The van der Waals surface area contributed by atoms with E-state index < -0.39 is 10.0 Å². The molecule has 0 saturated heterocycles. The molecule has 0 aliphatic heterocycles. The average molecular weight is 581 g/mol. The zero-order valence-electron chi connectivity index (χ0n) is 23.1. The fourth-order valence-corrected chi connectivity index (χ4v) is 5.73. The molecule has 1 heterocycles. The van der Waals surface area contributed by atoms with Crippen LogP contribution in [-0.4, -0.2) is 32.6 Å². The number of anilines is 1. The van der Waals surface area contributed by atoms with Crippen molar-refractivity contribution < 1.29 is 27.5 Å². The molecule has 41 heavy (non-hydrogen) atoms. The van der Waals surface area contributed by atoms with Crippen LogP contribution in [0.25, 0.3) is 21.9 Å². The van der Waals surface area contributed by atoms with Gasteiger partial charge in [-0.3, -0.25) is 9.59 Å². The van der Waals surface area contributed by atoms with Crippen molar-refractivity contribution in [3.63, 3.8) is 0 Å². The minimum Gasteiger partial charge on any atom is -0.507 e. The Kier molecular flexibility index (Phi) is 10.4. The van der Waals surface area contributed by atoms with Gasteiger partial charge in [-0.05, 0) is 49.2 Å². The van der Waals surface area contributed by atoms with Crippen molar-refractivity contribution in [1.82, 2.24) is 4.72 Å². The van der Waals surface area contributed by atoms with Crippen molar-refractivity contribution in [3.8, 4) is 11.5 Å². The number of phenolic OH excluding ortho intramolecular Hbond substituents is 1. The van der Waals surface area contributed by atoms with Crippen LogP contribution < -0.4 is 20.2 Å². The summed E-state index contributed by atoms with van der Waals surface area (Å²) in [6.45, 7) is 2.28. The first-order chi connectivity index (χ1) is 19.7. The highest BCUT2D eigenvalue weighted by atomic mass is 32.2. The van der Waals surface area contributed by atoms with Gasteiger partial charge in [-0.15, -0.1) is 0 Å². The topological polar surface area (TPSA) is 135 Å². The molecule has 4 aromatic rings. The van der Waals surface area contributed by atoms with Crippen LogP contribution in [0.5, 0.6) is 11.5 Å². The number of unbranched alkanes of at least 4 members (excludes halogenated alkanes) is 7. The van der Waals surface area contributed by atoms with Gasteiger partial charge >= 0.3 is 0 Å². The molecule has 0 aliphatic rings. The molecule has 3 aromatic carbocycles. The van der Waals surface area contributed by atoms with Crippen molar-refractivity contribution in [2.45, 2.75) is 63.2 Å². The van der Waals surface area contributed by atoms with Crippen LogP contribution in [-0.2, 0) is 14.8 Å². The summed E-state index contributed by atoms with van der Waals surface area (Å²) in [6, 6.07) is 16.1. The molecule has 218 valence electrons. The number of aromatic hydroxyl groups is 1. The Bertz CT molecular complexity index is 1650. The lowest BCUT2D eigenvalue weighted by atomic mass is 10.1. The number of carbonyl (C=O) groups excluding carboxylic acids is 1. The van der Waals surface area contributed by atoms with Crippen molar-refractivity contribution in [1.29, 1.82) is 0 Å². The molecule has 0 fully saturated rings. The van der Waals surface area contributed by atoms with Crippen LogP contribution in [0.4, 0.5) is 5.69 Å². The first-order valence-corrected chi connectivity index (χ1v) is 15.4. The van der Waals surface area contributed by atoms with Gasteiger partial charge in [-0.2, -0.15) is 0 Å². The Balaban J connectivity index is 1.08. The molecule has 1 aromatic heterocycles. The Morgan fingerprint density at radius 1 is 0.878 bits per heavy atom. The van der Waals surface area contributed by atoms with Crippen LogP contribution in [0.3, 0.4) is 0 Å². The fourth-order valence-electron chi connectivity index (χ4n) is 4.65. The van der Waals surface area contributed by atoms with Crippen LogP contribution in [0, 0.1) is 0 Å². The van der Waals surface area contributed by atoms with E-state index in [0.717, 1.165) is 51.4 Å². The smallest absolute Gasteiger partial charge is 0.240 e. The zero-order chi connectivity index (χ0) is 29.2. The number of fused-ring (bicyclic) bond motifs is 2. The van der Waals surface area contributed by atoms with Gasteiger partial charge in [0.25, 0.3) is 0 Å². The summed E-state index contributed by atoms with van der Waals surface area (Å²) in [6.07, 6.45) is 7.91. The summed E-state index contributed by atoms with van der Waals surface area (Å²) < 4.78 is 39.1. The predicted octanol–water partition coefficient (Wildman–Crippen LogP) is 6.09. The van der Waals surface area contributed by atoms with Gasteiger partial charge in [0.2, 0.25) is 21.4 Å². The van der Waals surface area contributed by atoms with Gasteiger partial charge in [0.05, 0.1) is 16.9 Å². The molecule has 4 rings (SSSR count). The largest absolute Gasteiger partial charge is 0.507 e. The SMILES string of the molecule is CC(=O)Nc1ccc(S(=O)(=O)NCCCCCCCCCCOc2cc(O)c3c(=O)c4ccccc4oc3c2)cc1. The summed E-state index contributed by atoms with van der Waals surface area (Å²) in [4.78, 5) is 24.0. The minimum absolute atomic E-state index is 0.151. The van der Waals surface area contributed by atoms with Crippen LogP contribution in [0.1, 0.15) is 58.3 Å². The van der Waals surface area contributed by atoms with Gasteiger partial charge in [-0.25, -0.2) is 13.1 Å². The van der Waals surface area contributed by atoms with E-state index in [9.17, 15) is 23.1 Å². The van der Waals surface area contributed by atoms with Crippen LogP contribution in [0.15, 0.2) is 74.8 Å². The molecule has 9 nitrogen and oxygen atoms in total. The van der Waals surface area contributed by atoms with Gasteiger partial charge in [0.15, 0.2) is 0 Å². The lowest BCUT2D eigenvalue weighted by molar-refractivity contribution is -0.114. The highest BCUT2D eigenvalue weighted by molar-refractivity contribution is 7.89. The number of carbonyl (C=O) groups is 1. The molecule has 0 bridgehead atoms. The molecular formula is C31H36N2O7S. The molecule has 1 amide bonds. The summed E-state index contributed by atoms with van der Waals surface area (Å²) in [5.41, 5.74) is 1.06. The maximum absolute atomic E-state index is 12.7. The molecule has 0 radical (unpaired) electrons. The molecule has 0 atom stereocenters. The highest BCUT2D eigenvalue weighted by Crippen LogP contribution is 2.30. The minimum atomic E-state index is -3.57. The van der Waals surface area contributed by atoms with Crippen LogP contribution in [0.2, 0.25) is 0 Å². The average Bonchev–Trinajstić information content (AvgIpc) is 2.93. The number of phenols is 1. The summed E-state index contributed by atoms with van der Waals surface area (Å²) in [7, 11) is -3.57. The summed E-state index contributed by atoms with van der Waals surface area (Å²) in [5, 5.41) is 13.6. The first kappa shape index (κ1) is 30.1. The summed E-state index contributed by atoms with van der Waals surface area (Å²) in [5.74, 6) is 0.104. The van der Waals surface area contributed by atoms with E-state index in [4.69, 9.17) is 9.15 Å². The van der Waals surface area contributed by atoms with Gasteiger partial charge < -0.3 is 19.6 Å². The van der Waals surface area contributed by atoms with E-state index in [-0.39, 0.29) is 27.4 Å². The van der Waals surface area contributed by atoms with Gasteiger partial charge in [0, 0.05) is 31.3 Å². The number of hydrogen-bond donors (Lipinski definition) is 3. The second-order valence-corrected chi connectivity index (χ2v) is 11.8. The van der Waals surface area contributed by atoms with E-state index in [0.29, 0.717) is 41.1 Å². The van der Waals surface area contributed by atoms with Gasteiger partial charge in [-0.1, -0.05) is 50.7 Å². The number of rotatable bonds is 15.